The third kappa shape index (κ3) is 5.22. The van der Waals surface area contributed by atoms with E-state index in [2.05, 4.69) is 51.3 Å². The Hall–Kier alpha value is -2.08. The SMILES string of the molecule is CCc1ccccc1CNC(=NC)N1CCN(CC(=O)N2CCCC2)CC1. The Morgan fingerprint density at radius 1 is 1.00 bits per heavy atom. The number of carbonyl (C=O) groups is 1. The van der Waals surface area contributed by atoms with Gasteiger partial charge in [0.05, 0.1) is 6.54 Å². The van der Waals surface area contributed by atoms with E-state index in [0.29, 0.717) is 12.5 Å². The first-order valence-electron chi connectivity index (χ1n) is 10.2. The Morgan fingerprint density at radius 2 is 1.67 bits per heavy atom. The molecule has 2 aliphatic heterocycles. The highest BCUT2D eigenvalue weighted by molar-refractivity contribution is 5.80. The smallest absolute Gasteiger partial charge is 0.236 e. The fraction of sp³-hybridized carbons (Fsp3) is 0.619. The van der Waals surface area contributed by atoms with Crippen LogP contribution in [-0.2, 0) is 17.8 Å². The van der Waals surface area contributed by atoms with Gasteiger partial charge in [-0.15, -0.1) is 0 Å². The zero-order valence-corrected chi connectivity index (χ0v) is 16.8. The Balaban J connectivity index is 1.46. The predicted molar refractivity (Wildman–Crippen MR) is 110 cm³/mol. The van der Waals surface area contributed by atoms with Crippen molar-refractivity contribution >= 4 is 11.9 Å². The number of piperazine rings is 1. The molecular formula is C21H33N5O. The van der Waals surface area contributed by atoms with Crippen LogP contribution in [0.4, 0.5) is 0 Å². The van der Waals surface area contributed by atoms with Crippen LogP contribution in [0.25, 0.3) is 0 Å². The second-order valence-corrected chi connectivity index (χ2v) is 7.37. The molecule has 0 spiro atoms. The second kappa shape index (κ2) is 9.74. The lowest BCUT2D eigenvalue weighted by Gasteiger charge is -2.36. The number of aryl methyl sites for hydroxylation is 1. The largest absolute Gasteiger partial charge is 0.352 e. The number of nitrogens with zero attached hydrogens (tertiary/aromatic N) is 4. The molecule has 2 aliphatic rings. The lowest BCUT2D eigenvalue weighted by atomic mass is 10.1. The van der Waals surface area contributed by atoms with Crippen LogP contribution in [0, 0.1) is 0 Å². The van der Waals surface area contributed by atoms with E-state index in [1.165, 1.54) is 11.1 Å². The van der Waals surface area contributed by atoms with E-state index in [9.17, 15) is 4.79 Å². The van der Waals surface area contributed by atoms with Crippen molar-refractivity contribution in [1.29, 1.82) is 0 Å². The number of nitrogens with one attached hydrogen (secondary N) is 1. The second-order valence-electron chi connectivity index (χ2n) is 7.37. The molecule has 6 nitrogen and oxygen atoms in total. The van der Waals surface area contributed by atoms with Crippen LogP contribution < -0.4 is 5.32 Å². The minimum absolute atomic E-state index is 0.291. The van der Waals surface area contributed by atoms with E-state index in [1.54, 1.807) is 0 Å². The maximum atomic E-state index is 12.3. The van der Waals surface area contributed by atoms with E-state index in [1.807, 2.05) is 11.9 Å². The summed E-state index contributed by atoms with van der Waals surface area (Å²) in [6.07, 6.45) is 3.35. The Bertz CT molecular complexity index is 646. The molecule has 148 valence electrons. The maximum Gasteiger partial charge on any atom is 0.236 e. The topological polar surface area (TPSA) is 51.2 Å². The van der Waals surface area contributed by atoms with Crippen LogP contribution in [-0.4, -0.2) is 79.4 Å². The third-order valence-corrected chi connectivity index (χ3v) is 5.64. The van der Waals surface area contributed by atoms with Gasteiger partial charge in [-0.1, -0.05) is 31.2 Å². The Kier molecular flexibility index (Phi) is 7.10. The highest BCUT2D eigenvalue weighted by Crippen LogP contribution is 2.11. The number of rotatable bonds is 5. The fourth-order valence-corrected chi connectivity index (χ4v) is 3.96. The van der Waals surface area contributed by atoms with Gasteiger partial charge in [-0.2, -0.15) is 0 Å². The maximum absolute atomic E-state index is 12.3. The number of aliphatic imine (C=N–C) groups is 1. The molecule has 2 heterocycles. The van der Waals surface area contributed by atoms with Crippen molar-refractivity contribution in [3.8, 4) is 0 Å². The molecule has 0 aliphatic carbocycles. The summed E-state index contributed by atoms with van der Waals surface area (Å²) in [4.78, 5) is 23.4. The van der Waals surface area contributed by atoms with Crippen LogP contribution >= 0.6 is 0 Å². The number of carbonyl (C=O) groups excluding carboxylic acids is 1. The highest BCUT2D eigenvalue weighted by atomic mass is 16.2. The monoisotopic (exact) mass is 371 g/mol. The first kappa shape index (κ1) is 19.7. The Morgan fingerprint density at radius 3 is 2.30 bits per heavy atom. The average molecular weight is 372 g/mol. The molecule has 0 unspecified atom stereocenters. The highest BCUT2D eigenvalue weighted by Gasteiger charge is 2.24. The summed E-state index contributed by atoms with van der Waals surface area (Å²) >= 11 is 0. The van der Waals surface area contributed by atoms with E-state index in [-0.39, 0.29) is 0 Å². The van der Waals surface area contributed by atoms with Gasteiger partial charge in [-0.05, 0) is 30.4 Å². The van der Waals surface area contributed by atoms with Crippen LogP contribution in [0.15, 0.2) is 29.3 Å². The van der Waals surface area contributed by atoms with Gasteiger partial charge in [0.15, 0.2) is 5.96 Å². The zero-order valence-electron chi connectivity index (χ0n) is 16.8. The molecule has 2 saturated heterocycles. The summed E-state index contributed by atoms with van der Waals surface area (Å²) in [6, 6.07) is 8.56. The minimum Gasteiger partial charge on any atom is -0.352 e. The van der Waals surface area contributed by atoms with Crippen molar-refractivity contribution in [3.63, 3.8) is 0 Å². The summed E-state index contributed by atoms with van der Waals surface area (Å²) in [7, 11) is 1.84. The molecule has 0 atom stereocenters. The molecule has 1 N–H and O–H groups in total. The van der Waals surface area contributed by atoms with Gasteiger partial charge >= 0.3 is 0 Å². The lowest BCUT2D eigenvalue weighted by molar-refractivity contribution is -0.131. The normalized spacial score (nSPS) is 18.8. The van der Waals surface area contributed by atoms with Gasteiger partial charge in [0.1, 0.15) is 0 Å². The van der Waals surface area contributed by atoms with Gasteiger partial charge < -0.3 is 15.1 Å². The average Bonchev–Trinajstić information content (AvgIpc) is 3.25. The van der Waals surface area contributed by atoms with Crippen LogP contribution in [0.1, 0.15) is 30.9 Å². The molecule has 2 fully saturated rings. The molecule has 0 aromatic heterocycles. The van der Waals surface area contributed by atoms with Crippen LogP contribution in [0.3, 0.4) is 0 Å². The van der Waals surface area contributed by atoms with Crippen molar-refractivity contribution < 1.29 is 4.79 Å². The molecule has 1 aromatic rings. The summed E-state index contributed by atoms with van der Waals surface area (Å²) in [5.74, 6) is 1.24. The number of benzene rings is 1. The minimum atomic E-state index is 0.291. The molecule has 0 saturated carbocycles. The van der Waals surface area contributed by atoms with E-state index < -0.39 is 0 Å². The first-order valence-corrected chi connectivity index (χ1v) is 10.2. The fourth-order valence-electron chi connectivity index (χ4n) is 3.96. The molecule has 1 aromatic carbocycles. The zero-order chi connectivity index (χ0) is 19.1. The van der Waals surface area contributed by atoms with Crippen molar-refractivity contribution in [3.05, 3.63) is 35.4 Å². The molecule has 0 radical (unpaired) electrons. The molecule has 3 rings (SSSR count). The van der Waals surface area contributed by atoms with Gasteiger partial charge in [0.2, 0.25) is 5.91 Å². The van der Waals surface area contributed by atoms with E-state index in [4.69, 9.17) is 0 Å². The van der Waals surface area contributed by atoms with Crippen molar-refractivity contribution in [2.45, 2.75) is 32.7 Å². The predicted octanol–water partition coefficient (Wildman–Crippen LogP) is 1.56. The van der Waals surface area contributed by atoms with E-state index >= 15 is 0 Å². The number of amides is 1. The Labute approximate surface area is 163 Å². The first-order chi connectivity index (χ1) is 13.2. The summed E-state index contributed by atoms with van der Waals surface area (Å²) < 4.78 is 0. The summed E-state index contributed by atoms with van der Waals surface area (Å²) in [5.41, 5.74) is 2.71. The quantitative estimate of drug-likeness (QED) is 0.631. The molecule has 6 heteroatoms. The number of hydrogen-bond acceptors (Lipinski definition) is 3. The molecule has 0 bridgehead atoms. The summed E-state index contributed by atoms with van der Waals surface area (Å²) in [5, 5.41) is 3.51. The van der Waals surface area contributed by atoms with Crippen LogP contribution in [0.2, 0.25) is 0 Å². The van der Waals surface area contributed by atoms with Crippen molar-refractivity contribution in [1.82, 2.24) is 20.0 Å². The van der Waals surface area contributed by atoms with Gasteiger partial charge in [0.25, 0.3) is 0 Å². The standard InChI is InChI=1S/C21H33N5O/c1-3-18-8-4-5-9-19(18)16-23-21(22-2)26-14-12-24(13-15-26)17-20(27)25-10-6-7-11-25/h4-5,8-9H,3,6-7,10-17H2,1-2H3,(H,22,23). The van der Waals surface area contributed by atoms with E-state index in [0.717, 1.165) is 71.0 Å². The van der Waals surface area contributed by atoms with Crippen LogP contribution in [0.5, 0.6) is 0 Å². The number of likely N-dealkylation sites (tertiary alicyclic amines) is 1. The molecule has 27 heavy (non-hydrogen) atoms. The summed E-state index contributed by atoms with van der Waals surface area (Å²) in [6.45, 7) is 9.05. The van der Waals surface area contributed by atoms with Crippen molar-refractivity contribution in [2.24, 2.45) is 4.99 Å². The lowest BCUT2D eigenvalue weighted by Crippen LogP contribution is -2.54. The van der Waals surface area contributed by atoms with Gasteiger partial charge in [-0.25, -0.2) is 0 Å². The third-order valence-electron chi connectivity index (χ3n) is 5.64. The van der Waals surface area contributed by atoms with Gasteiger partial charge in [0, 0.05) is 52.9 Å². The van der Waals surface area contributed by atoms with Gasteiger partial charge in [-0.3, -0.25) is 14.7 Å². The number of hydrogen-bond donors (Lipinski definition) is 1. The van der Waals surface area contributed by atoms with Crippen molar-refractivity contribution in [2.75, 3.05) is 52.9 Å². The number of guanidine groups is 1. The molecular weight excluding hydrogens is 338 g/mol. The molecule has 1 amide bonds.